The van der Waals surface area contributed by atoms with Gasteiger partial charge in [-0.1, -0.05) is 133 Å². The van der Waals surface area contributed by atoms with Gasteiger partial charge in [-0.3, -0.25) is 0 Å². The lowest BCUT2D eigenvalue weighted by molar-refractivity contribution is 0.454. The third kappa shape index (κ3) is 4.18. The normalized spacial score (nSPS) is 12.2. The maximum Gasteiger partial charge on any atom is 0.141 e. The van der Waals surface area contributed by atoms with E-state index < -0.39 is 0 Å². The van der Waals surface area contributed by atoms with Crippen LogP contribution >= 0.6 is 11.8 Å². The highest BCUT2D eigenvalue weighted by atomic mass is 32.2. The average molecular weight is 579 g/mol. The molecule has 1 heterocycles. The van der Waals surface area contributed by atoms with Gasteiger partial charge in [-0.15, -0.1) is 0 Å². The standard InChI is InChI=1S/C42H26OS/c1-2-8-27(9-3-1)30-18-21-35-36-22-19-31(25-38(36)34-11-5-4-10-33(34)37(35)24-30)28-14-16-29(17-15-28)32-20-23-40-42(26-32)44-41-13-7-6-12-39(41)43-40/h1-26H. The van der Waals surface area contributed by atoms with Crippen LogP contribution in [-0.4, -0.2) is 0 Å². The van der Waals surface area contributed by atoms with Crippen molar-refractivity contribution in [2.75, 3.05) is 0 Å². The Morgan fingerprint density at radius 2 is 0.750 bits per heavy atom. The lowest BCUT2D eigenvalue weighted by Crippen LogP contribution is -1.94. The zero-order valence-electron chi connectivity index (χ0n) is 23.8. The minimum atomic E-state index is 0.918. The van der Waals surface area contributed by atoms with Crippen molar-refractivity contribution >= 4 is 44.1 Å². The maximum absolute atomic E-state index is 6.14. The molecule has 2 heteroatoms. The lowest BCUT2D eigenvalue weighted by Gasteiger charge is -2.20. The first-order valence-corrected chi connectivity index (χ1v) is 15.7. The number of benzene rings is 8. The van der Waals surface area contributed by atoms with Crippen molar-refractivity contribution in [1.82, 2.24) is 0 Å². The highest BCUT2D eigenvalue weighted by Crippen LogP contribution is 2.48. The number of fused-ring (bicyclic) bond motifs is 8. The highest BCUT2D eigenvalue weighted by Gasteiger charge is 2.18. The van der Waals surface area contributed by atoms with Crippen LogP contribution in [0.2, 0.25) is 0 Å². The summed E-state index contributed by atoms with van der Waals surface area (Å²) in [5.74, 6) is 1.84. The van der Waals surface area contributed by atoms with E-state index in [9.17, 15) is 0 Å². The van der Waals surface area contributed by atoms with Crippen molar-refractivity contribution in [1.29, 1.82) is 0 Å². The molecule has 8 aromatic rings. The summed E-state index contributed by atoms with van der Waals surface area (Å²) in [6, 6.07) is 56.9. The molecule has 0 fully saturated rings. The zero-order valence-corrected chi connectivity index (χ0v) is 24.6. The number of ether oxygens (including phenoxy) is 1. The lowest BCUT2D eigenvalue weighted by atomic mass is 9.90. The SMILES string of the molecule is c1ccc(-c2ccc3c4ccc(-c5ccc(-c6ccc7c(c6)Sc6ccccc6O7)cc5)cc4c4ccccc4c3c2)cc1. The number of hydrogen-bond acceptors (Lipinski definition) is 2. The van der Waals surface area contributed by atoms with Crippen LogP contribution in [0.1, 0.15) is 0 Å². The van der Waals surface area contributed by atoms with E-state index in [-0.39, 0.29) is 0 Å². The minimum absolute atomic E-state index is 0.918. The zero-order chi connectivity index (χ0) is 29.0. The van der Waals surface area contributed by atoms with Crippen molar-refractivity contribution in [3.8, 4) is 44.9 Å². The smallest absolute Gasteiger partial charge is 0.141 e. The summed E-state index contributed by atoms with van der Waals surface area (Å²) >= 11 is 1.77. The molecular formula is C42H26OS. The van der Waals surface area contributed by atoms with Crippen LogP contribution in [0.25, 0.3) is 65.7 Å². The molecule has 0 radical (unpaired) electrons. The van der Waals surface area contributed by atoms with Gasteiger partial charge in [0.1, 0.15) is 11.5 Å². The summed E-state index contributed by atoms with van der Waals surface area (Å²) in [6.07, 6.45) is 0. The monoisotopic (exact) mass is 578 g/mol. The van der Waals surface area contributed by atoms with Gasteiger partial charge in [0.05, 0.1) is 9.79 Å². The van der Waals surface area contributed by atoms with Gasteiger partial charge >= 0.3 is 0 Å². The molecule has 1 aliphatic rings. The molecule has 0 spiro atoms. The summed E-state index contributed by atoms with van der Waals surface area (Å²) in [5.41, 5.74) is 7.31. The predicted molar refractivity (Wildman–Crippen MR) is 186 cm³/mol. The van der Waals surface area contributed by atoms with Crippen molar-refractivity contribution in [2.24, 2.45) is 0 Å². The van der Waals surface area contributed by atoms with E-state index in [1.807, 2.05) is 12.1 Å². The van der Waals surface area contributed by atoms with Gasteiger partial charge in [0, 0.05) is 0 Å². The predicted octanol–water partition coefficient (Wildman–Crippen LogP) is 12.4. The first kappa shape index (κ1) is 25.2. The van der Waals surface area contributed by atoms with Crippen molar-refractivity contribution in [3.63, 3.8) is 0 Å². The van der Waals surface area contributed by atoms with Crippen LogP contribution in [0, 0.1) is 0 Å². The van der Waals surface area contributed by atoms with Gasteiger partial charge < -0.3 is 4.74 Å². The molecule has 1 aliphatic heterocycles. The van der Waals surface area contributed by atoms with Crippen molar-refractivity contribution in [3.05, 3.63) is 158 Å². The fourth-order valence-corrected chi connectivity index (χ4v) is 7.50. The average Bonchev–Trinajstić information content (AvgIpc) is 3.10. The third-order valence-corrected chi connectivity index (χ3v) is 9.82. The molecule has 0 atom stereocenters. The molecule has 0 aliphatic carbocycles. The Kier molecular flexibility index (Phi) is 5.82. The Hall–Kier alpha value is -5.31. The van der Waals surface area contributed by atoms with Crippen molar-refractivity contribution in [2.45, 2.75) is 9.79 Å². The Balaban J connectivity index is 1.10. The molecule has 0 N–H and O–H groups in total. The van der Waals surface area contributed by atoms with Crippen LogP contribution in [-0.2, 0) is 0 Å². The van der Waals surface area contributed by atoms with Gasteiger partial charge in [0.15, 0.2) is 0 Å². The second-order valence-corrected chi connectivity index (χ2v) is 12.4. The summed E-state index contributed by atoms with van der Waals surface area (Å²) in [5, 5.41) is 7.73. The molecule has 9 rings (SSSR count). The first-order chi connectivity index (χ1) is 21.8. The van der Waals surface area contributed by atoms with E-state index in [2.05, 4.69) is 146 Å². The van der Waals surface area contributed by atoms with Gasteiger partial charge in [-0.2, -0.15) is 0 Å². The van der Waals surface area contributed by atoms with Gasteiger partial charge in [-0.25, -0.2) is 0 Å². The highest BCUT2D eigenvalue weighted by molar-refractivity contribution is 7.99. The van der Waals surface area contributed by atoms with E-state index in [1.165, 1.54) is 65.7 Å². The second-order valence-electron chi connectivity index (χ2n) is 11.3. The molecule has 0 bridgehead atoms. The molecule has 0 unspecified atom stereocenters. The summed E-state index contributed by atoms with van der Waals surface area (Å²) in [4.78, 5) is 2.30. The first-order valence-electron chi connectivity index (χ1n) is 14.9. The summed E-state index contributed by atoms with van der Waals surface area (Å²) in [7, 11) is 0. The molecule has 1 nitrogen and oxygen atoms in total. The molecular weight excluding hydrogens is 553 g/mol. The second kappa shape index (κ2) is 10.2. The van der Waals surface area contributed by atoms with E-state index in [1.54, 1.807) is 11.8 Å². The summed E-state index contributed by atoms with van der Waals surface area (Å²) in [6.45, 7) is 0. The third-order valence-electron chi connectivity index (χ3n) is 8.73. The summed E-state index contributed by atoms with van der Waals surface area (Å²) < 4.78 is 6.14. The maximum atomic E-state index is 6.14. The van der Waals surface area contributed by atoms with Crippen molar-refractivity contribution < 1.29 is 4.74 Å². The molecule has 0 saturated heterocycles. The van der Waals surface area contributed by atoms with Crippen LogP contribution in [0.5, 0.6) is 11.5 Å². The molecule has 8 aromatic carbocycles. The van der Waals surface area contributed by atoms with Crippen LogP contribution in [0.4, 0.5) is 0 Å². The van der Waals surface area contributed by atoms with Gasteiger partial charge in [0.25, 0.3) is 0 Å². The number of rotatable bonds is 3. The topological polar surface area (TPSA) is 9.23 Å². The molecule has 0 saturated carbocycles. The Morgan fingerprint density at radius 3 is 1.41 bits per heavy atom. The fourth-order valence-electron chi connectivity index (χ4n) is 6.51. The van der Waals surface area contributed by atoms with E-state index in [0.29, 0.717) is 0 Å². The molecule has 0 amide bonds. The molecule has 206 valence electrons. The quantitative estimate of drug-likeness (QED) is 0.193. The number of hydrogen-bond donors (Lipinski definition) is 0. The Labute approximate surface area is 260 Å². The van der Waals surface area contributed by atoms with E-state index in [4.69, 9.17) is 4.74 Å². The van der Waals surface area contributed by atoms with E-state index in [0.717, 1.165) is 21.3 Å². The van der Waals surface area contributed by atoms with Crippen LogP contribution in [0.15, 0.2) is 168 Å². The molecule has 0 aromatic heterocycles. The van der Waals surface area contributed by atoms with Crippen LogP contribution < -0.4 is 4.74 Å². The molecule has 44 heavy (non-hydrogen) atoms. The van der Waals surface area contributed by atoms with Gasteiger partial charge in [0.2, 0.25) is 0 Å². The Morgan fingerprint density at radius 1 is 0.295 bits per heavy atom. The van der Waals surface area contributed by atoms with Gasteiger partial charge in [-0.05, 0) is 102 Å². The fraction of sp³-hybridized carbons (Fsp3) is 0. The number of para-hydroxylation sites is 1. The largest absolute Gasteiger partial charge is 0.455 e. The van der Waals surface area contributed by atoms with Crippen LogP contribution in [0.3, 0.4) is 0 Å². The minimum Gasteiger partial charge on any atom is -0.455 e. The Bertz CT molecular complexity index is 2350. The van der Waals surface area contributed by atoms with E-state index >= 15 is 0 Å².